The van der Waals surface area contributed by atoms with Crippen LogP contribution in [0, 0.1) is 39.3 Å². The van der Waals surface area contributed by atoms with Gasteiger partial charge in [-0.3, -0.25) is 0 Å². The minimum Gasteiger partial charge on any atom is -0.479 e. The van der Waals surface area contributed by atoms with E-state index in [2.05, 4.69) is 30.1 Å². The molecule has 16 heteroatoms. The van der Waals surface area contributed by atoms with Crippen LogP contribution >= 0.6 is 0 Å². The molecular formula is C50H50F2N12O2. The maximum atomic E-state index is 14.8. The van der Waals surface area contributed by atoms with Crippen LogP contribution in [-0.4, -0.2) is 72.8 Å². The van der Waals surface area contributed by atoms with E-state index in [9.17, 15) is 8.78 Å². The molecule has 2 aliphatic rings. The van der Waals surface area contributed by atoms with Gasteiger partial charge in [0.2, 0.25) is 11.8 Å². The normalized spacial score (nSPS) is 15.7. The molecule has 0 saturated carbocycles. The number of ether oxygens (including phenoxy) is 2. The number of hydrogen-bond donors (Lipinski definition) is 0. The van der Waals surface area contributed by atoms with E-state index >= 15 is 0 Å². The SMILES string of the molecule is COc1nc(/C=C/c2nc3n(n2)CCC[C@@H]3c2cccc(C)c2F)ccc1-n1cnc(C)c1.COc1nc(/C=C/c2nc3n(n2)CCC[C@H]3c2cccc(C)c2F)ccc1-n1cnc(C)c1. The highest BCUT2D eigenvalue weighted by Crippen LogP contribution is 2.36. The van der Waals surface area contributed by atoms with Gasteiger partial charge in [-0.15, -0.1) is 0 Å². The average molecular weight is 889 g/mol. The van der Waals surface area contributed by atoms with Gasteiger partial charge < -0.3 is 18.6 Å². The second-order valence-corrected chi connectivity index (χ2v) is 16.5. The standard InChI is InChI=1S/2C25H25FN6O/c2*1-16-6-4-7-19(23(16)26)20-8-5-13-32-24(20)29-22(30-32)12-10-18-9-11-21(25(28-18)33-3)31-14-17(2)27-15-31/h2*4,6-7,9-12,14-15,20H,5,8,13H2,1-3H3/b2*12-10+/t2*20-/m10/s1. The Labute approximate surface area is 381 Å². The third-order valence-electron chi connectivity index (χ3n) is 11.9. The summed E-state index contributed by atoms with van der Waals surface area (Å²) in [6, 6.07) is 18.8. The highest BCUT2D eigenvalue weighted by molar-refractivity contribution is 5.67. The molecule has 2 atom stereocenters. The lowest BCUT2D eigenvalue weighted by molar-refractivity contribution is 0.395. The number of aryl methyl sites for hydroxylation is 6. The molecule has 0 radical (unpaired) electrons. The van der Waals surface area contributed by atoms with Gasteiger partial charge in [-0.05, 0) is 124 Å². The van der Waals surface area contributed by atoms with E-state index in [-0.39, 0.29) is 23.5 Å². The van der Waals surface area contributed by atoms with Crippen LogP contribution in [-0.2, 0) is 13.1 Å². The van der Waals surface area contributed by atoms with Crippen molar-refractivity contribution in [1.82, 2.24) is 58.6 Å². The van der Waals surface area contributed by atoms with Crippen molar-refractivity contribution in [3.05, 3.63) is 166 Å². The van der Waals surface area contributed by atoms with E-state index in [0.717, 1.165) is 84.6 Å². The third-order valence-corrected chi connectivity index (χ3v) is 11.9. The summed E-state index contributed by atoms with van der Waals surface area (Å²) >= 11 is 0. The van der Waals surface area contributed by atoms with Crippen molar-refractivity contribution in [3.63, 3.8) is 0 Å². The molecule has 0 N–H and O–H groups in total. The molecule has 66 heavy (non-hydrogen) atoms. The summed E-state index contributed by atoms with van der Waals surface area (Å²) in [5, 5.41) is 9.26. The van der Waals surface area contributed by atoms with Crippen LogP contribution in [0.1, 0.15) is 106 Å². The number of nitrogens with zero attached hydrogens (tertiary/aromatic N) is 12. The minimum absolute atomic E-state index is 0.0931. The Bertz CT molecular complexity index is 2880. The zero-order chi connectivity index (χ0) is 45.9. The maximum absolute atomic E-state index is 14.8. The smallest absolute Gasteiger partial charge is 0.238 e. The summed E-state index contributed by atoms with van der Waals surface area (Å²) in [7, 11) is 3.19. The molecule has 0 saturated heterocycles. The van der Waals surface area contributed by atoms with Crippen molar-refractivity contribution in [1.29, 1.82) is 0 Å². The summed E-state index contributed by atoms with van der Waals surface area (Å²) in [4.78, 5) is 27.2. The molecular weight excluding hydrogens is 839 g/mol. The lowest BCUT2D eigenvalue weighted by Crippen LogP contribution is -2.19. The lowest BCUT2D eigenvalue weighted by Gasteiger charge is -2.23. The average Bonchev–Trinajstić information content (AvgIpc) is 4.16. The molecule has 336 valence electrons. The van der Waals surface area contributed by atoms with Crippen molar-refractivity contribution >= 4 is 24.3 Å². The number of fused-ring (bicyclic) bond motifs is 2. The molecule has 0 spiro atoms. The highest BCUT2D eigenvalue weighted by atomic mass is 19.1. The van der Waals surface area contributed by atoms with Crippen molar-refractivity contribution < 1.29 is 18.3 Å². The second kappa shape index (κ2) is 18.8. The number of methoxy groups -OCH3 is 2. The Morgan fingerprint density at radius 2 is 1.00 bits per heavy atom. The Balaban J connectivity index is 0.000000166. The summed E-state index contributed by atoms with van der Waals surface area (Å²) in [6.45, 7) is 9.02. The molecule has 0 unspecified atom stereocenters. The number of rotatable bonds is 10. The Morgan fingerprint density at radius 1 is 0.561 bits per heavy atom. The van der Waals surface area contributed by atoms with E-state index < -0.39 is 0 Å². The lowest BCUT2D eigenvalue weighted by atomic mass is 9.90. The summed E-state index contributed by atoms with van der Waals surface area (Å²) < 4.78 is 48.1. The summed E-state index contributed by atoms with van der Waals surface area (Å²) in [5.74, 6) is 3.29. The summed E-state index contributed by atoms with van der Waals surface area (Å²) in [6.07, 6.45) is 18.3. The Kier molecular flexibility index (Phi) is 12.5. The molecule has 0 fully saturated rings. The molecule has 0 aliphatic carbocycles. The van der Waals surface area contributed by atoms with Crippen LogP contribution < -0.4 is 9.47 Å². The maximum Gasteiger partial charge on any atom is 0.238 e. The monoisotopic (exact) mass is 888 g/mol. The number of hydrogen-bond acceptors (Lipinski definition) is 10. The molecule has 0 amide bonds. The van der Waals surface area contributed by atoms with Crippen molar-refractivity contribution in [2.75, 3.05) is 14.2 Å². The van der Waals surface area contributed by atoms with Gasteiger partial charge in [-0.25, -0.2) is 48.0 Å². The number of imidazole rings is 2. The third kappa shape index (κ3) is 9.03. The van der Waals surface area contributed by atoms with Gasteiger partial charge in [0.25, 0.3) is 0 Å². The fourth-order valence-electron chi connectivity index (χ4n) is 8.55. The van der Waals surface area contributed by atoms with Gasteiger partial charge in [0.05, 0.1) is 49.6 Å². The largest absolute Gasteiger partial charge is 0.479 e. The second-order valence-electron chi connectivity index (χ2n) is 16.5. The molecule has 0 bridgehead atoms. The topological polar surface area (TPSA) is 141 Å². The first kappa shape index (κ1) is 43.6. The zero-order valence-corrected chi connectivity index (χ0v) is 37.7. The van der Waals surface area contributed by atoms with Crippen LogP contribution in [0.5, 0.6) is 11.8 Å². The van der Waals surface area contributed by atoms with Crippen molar-refractivity contribution in [3.8, 4) is 23.1 Å². The van der Waals surface area contributed by atoms with Crippen LogP contribution in [0.4, 0.5) is 8.78 Å². The predicted molar refractivity (Wildman–Crippen MR) is 248 cm³/mol. The van der Waals surface area contributed by atoms with Crippen LogP contribution in [0.25, 0.3) is 35.7 Å². The van der Waals surface area contributed by atoms with E-state index in [1.54, 1.807) is 52.9 Å². The Morgan fingerprint density at radius 3 is 1.39 bits per heavy atom. The molecule has 8 heterocycles. The fraction of sp³-hybridized carbons (Fsp3) is 0.280. The van der Waals surface area contributed by atoms with Crippen molar-refractivity contribution in [2.45, 2.75) is 78.3 Å². The first-order chi connectivity index (χ1) is 32.1. The van der Waals surface area contributed by atoms with Gasteiger partial charge in [-0.2, -0.15) is 10.2 Å². The zero-order valence-electron chi connectivity index (χ0n) is 37.7. The van der Waals surface area contributed by atoms with Crippen molar-refractivity contribution in [2.24, 2.45) is 0 Å². The van der Waals surface area contributed by atoms with E-state index in [4.69, 9.17) is 19.4 Å². The first-order valence-corrected chi connectivity index (χ1v) is 21.9. The van der Waals surface area contributed by atoms with Gasteiger partial charge >= 0.3 is 0 Å². The number of halogens is 2. The molecule has 14 nitrogen and oxygen atoms in total. The van der Waals surface area contributed by atoms with Gasteiger partial charge in [0.15, 0.2) is 11.6 Å². The molecule has 10 rings (SSSR count). The predicted octanol–water partition coefficient (Wildman–Crippen LogP) is 9.44. The number of aromatic nitrogens is 12. The quantitative estimate of drug-likeness (QED) is 0.130. The molecule has 2 aromatic carbocycles. The summed E-state index contributed by atoms with van der Waals surface area (Å²) in [5.41, 5.74) is 7.59. The molecule has 2 aliphatic heterocycles. The van der Waals surface area contributed by atoms with Gasteiger partial charge in [-0.1, -0.05) is 36.4 Å². The van der Waals surface area contributed by atoms with E-state index in [0.29, 0.717) is 45.7 Å². The number of pyridine rings is 2. The Hall–Kier alpha value is -7.62. The molecule has 8 aromatic rings. The fourth-order valence-corrected chi connectivity index (χ4v) is 8.55. The highest BCUT2D eigenvalue weighted by Gasteiger charge is 2.29. The van der Waals surface area contributed by atoms with Gasteiger partial charge in [0.1, 0.15) is 34.7 Å². The number of benzene rings is 2. The van der Waals surface area contributed by atoms with Crippen LogP contribution in [0.15, 0.2) is 85.7 Å². The van der Waals surface area contributed by atoms with E-state index in [1.165, 1.54) is 0 Å². The van der Waals surface area contributed by atoms with Crippen LogP contribution in [0.2, 0.25) is 0 Å². The van der Waals surface area contributed by atoms with E-state index in [1.807, 2.05) is 118 Å². The van der Waals surface area contributed by atoms with Crippen LogP contribution in [0.3, 0.4) is 0 Å². The molecule has 6 aromatic heterocycles. The van der Waals surface area contributed by atoms with Gasteiger partial charge in [0, 0.05) is 37.3 Å². The minimum atomic E-state index is -0.152. The first-order valence-electron chi connectivity index (χ1n) is 21.9.